The number of nitrogens with one attached hydrogen (secondary N) is 1. The van der Waals surface area contributed by atoms with Gasteiger partial charge in [0.1, 0.15) is 5.82 Å². The van der Waals surface area contributed by atoms with E-state index in [0.717, 1.165) is 54.6 Å². The van der Waals surface area contributed by atoms with Gasteiger partial charge in [-0.1, -0.05) is 43.5 Å². The summed E-state index contributed by atoms with van der Waals surface area (Å²) in [6.45, 7) is 0. The van der Waals surface area contributed by atoms with E-state index in [2.05, 4.69) is 10.2 Å². The summed E-state index contributed by atoms with van der Waals surface area (Å²) in [6.07, 6.45) is 2.11. The second-order valence-electron chi connectivity index (χ2n) is 9.55. The Bertz CT molecular complexity index is 1190. The highest BCUT2D eigenvalue weighted by molar-refractivity contribution is 5.70. The highest BCUT2D eigenvalue weighted by atomic mass is 19.4. The van der Waals surface area contributed by atoms with Crippen LogP contribution in [0.5, 0.6) is 0 Å². The first-order valence-corrected chi connectivity index (χ1v) is 12.1. The summed E-state index contributed by atoms with van der Waals surface area (Å²) in [7, 11) is 1.99. The van der Waals surface area contributed by atoms with Gasteiger partial charge in [0.15, 0.2) is 0 Å². The lowest BCUT2D eigenvalue weighted by molar-refractivity contribution is -0.137. The van der Waals surface area contributed by atoms with Gasteiger partial charge in [-0.2, -0.15) is 18.2 Å². The summed E-state index contributed by atoms with van der Waals surface area (Å²) < 4.78 is 39.2. The number of benzene rings is 2. The standard InChI is InChI=1S/C27H29F3N4O/c1-34(20-7-3-2-4-8-20)26-32-24(17-10-12-19(13-11-17)27(28,29)30)16-25(33-26)31-23-9-5-6-18-14-21(35)15-22(18)23/h5-6,9-13,16,20-21,35H,2-4,7-8,14-15H2,1H3,(H,31,32,33). The van der Waals surface area contributed by atoms with Crippen LogP contribution in [0.25, 0.3) is 11.3 Å². The van der Waals surface area contributed by atoms with Crippen LogP contribution in [0, 0.1) is 0 Å². The van der Waals surface area contributed by atoms with Crippen molar-refractivity contribution in [2.24, 2.45) is 0 Å². The van der Waals surface area contributed by atoms with E-state index in [4.69, 9.17) is 9.97 Å². The Morgan fingerprint density at radius 3 is 2.43 bits per heavy atom. The van der Waals surface area contributed by atoms with Gasteiger partial charge in [0.05, 0.1) is 17.4 Å². The van der Waals surface area contributed by atoms with E-state index in [1.807, 2.05) is 25.2 Å². The van der Waals surface area contributed by atoms with E-state index in [9.17, 15) is 18.3 Å². The molecular weight excluding hydrogens is 453 g/mol. The lowest BCUT2D eigenvalue weighted by atomic mass is 9.95. The maximum atomic E-state index is 13.1. The van der Waals surface area contributed by atoms with Crippen LogP contribution in [-0.4, -0.2) is 34.3 Å². The van der Waals surface area contributed by atoms with E-state index in [1.165, 1.54) is 18.6 Å². The highest BCUT2D eigenvalue weighted by Crippen LogP contribution is 2.34. The molecule has 0 radical (unpaired) electrons. The molecule has 2 aliphatic carbocycles. The van der Waals surface area contributed by atoms with Crippen molar-refractivity contribution in [1.82, 2.24) is 9.97 Å². The Labute approximate surface area is 203 Å². The SMILES string of the molecule is CN(c1nc(Nc2cccc3c2CC(O)C3)cc(-c2ccc(C(F)(F)F)cc2)n1)C1CCCCC1. The molecule has 1 aromatic heterocycles. The monoisotopic (exact) mass is 482 g/mol. The van der Waals surface area contributed by atoms with Crippen LogP contribution in [0.1, 0.15) is 48.8 Å². The lowest BCUT2D eigenvalue weighted by Gasteiger charge is -2.31. The second kappa shape index (κ2) is 9.49. The fraction of sp³-hybridized carbons (Fsp3) is 0.407. The molecule has 1 fully saturated rings. The number of hydrogen-bond donors (Lipinski definition) is 2. The van der Waals surface area contributed by atoms with E-state index in [0.29, 0.717) is 41.9 Å². The summed E-state index contributed by atoms with van der Waals surface area (Å²) in [5.41, 5.74) is 3.52. The number of alkyl halides is 3. The third kappa shape index (κ3) is 5.12. The minimum absolute atomic E-state index is 0.329. The van der Waals surface area contributed by atoms with Gasteiger partial charge in [-0.05, 0) is 48.6 Å². The van der Waals surface area contributed by atoms with Crippen LogP contribution in [0.3, 0.4) is 0 Å². The summed E-state index contributed by atoms with van der Waals surface area (Å²) in [4.78, 5) is 11.6. The largest absolute Gasteiger partial charge is 0.416 e. The van der Waals surface area contributed by atoms with Crippen molar-refractivity contribution in [3.05, 3.63) is 65.2 Å². The number of nitrogens with zero attached hydrogens (tertiary/aromatic N) is 3. The third-order valence-electron chi connectivity index (χ3n) is 7.09. The summed E-state index contributed by atoms with van der Waals surface area (Å²) >= 11 is 0. The van der Waals surface area contributed by atoms with E-state index >= 15 is 0 Å². The maximum absolute atomic E-state index is 13.1. The van der Waals surface area contributed by atoms with Crippen molar-refractivity contribution < 1.29 is 18.3 Å². The molecule has 5 nitrogen and oxygen atoms in total. The number of rotatable bonds is 5. The topological polar surface area (TPSA) is 61.3 Å². The first kappa shape index (κ1) is 23.6. The predicted octanol–water partition coefficient (Wildman–Crippen LogP) is 6.13. The van der Waals surface area contributed by atoms with Gasteiger partial charge >= 0.3 is 6.18 Å². The van der Waals surface area contributed by atoms with Crippen LogP contribution in [-0.2, 0) is 19.0 Å². The van der Waals surface area contributed by atoms with Gasteiger partial charge in [0.2, 0.25) is 5.95 Å². The molecule has 5 rings (SSSR count). The van der Waals surface area contributed by atoms with Gasteiger partial charge in [0, 0.05) is 36.8 Å². The highest BCUT2D eigenvalue weighted by Gasteiger charge is 2.30. The molecule has 0 saturated heterocycles. The molecule has 1 atom stereocenters. The Kier molecular flexibility index (Phi) is 6.40. The molecule has 8 heteroatoms. The number of anilines is 3. The van der Waals surface area contributed by atoms with Crippen molar-refractivity contribution >= 4 is 17.5 Å². The van der Waals surface area contributed by atoms with Crippen LogP contribution in [0.15, 0.2) is 48.5 Å². The smallest absolute Gasteiger partial charge is 0.392 e. The first-order chi connectivity index (χ1) is 16.8. The van der Waals surface area contributed by atoms with E-state index < -0.39 is 17.8 Å². The van der Waals surface area contributed by atoms with Gasteiger partial charge in [-0.3, -0.25) is 0 Å². The molecule has 1 heterocycles. The minimum atomic E-state index is -4.39. The third-order valence-corrected chi connectivity index (χ3v) is 7.09. The fourth-order valence-corrected chi connectivity index (χ4v) is 5.15. The van der Waals surface area contributed by atoms with Crippen LogP contribution in [0.4, 0.5) is 30.6 Å². The Morgan fingerprint density at radius 1 is 0.971 bits per heavy atom. The summed E-state index contributed by atoms with van der Waals surface area (Å²) in [5, 5.41) is 13.5. The Balaban J connectivity index is 1.52. The maximum Gasteiger partial charge on any atom is 0.416 e. The van der Waals surface area contributed by atoms with Crippen molar-refractivity contribution in [3.63, 3.8) is 0 Å². The molecule has 35 heavy (non-hydrogen) atoms. The van der Waals surface area contributed by atoms with Crippen LogP contribution < -0.4 is 10.2 Å². The predicted molar refractivity (Wildman–Crippen MR) is 131 cm³/mol. The van der Waals surface area contributed by atoms with Crippen molar-refractivity contribution in [2.45, 2.75) is 63.3 Å². The summed E-state index contributed by atoms with van der Waals surface area (Å²) in [5.74, 6) is 1.12. The van der Waals surface area contributed by atoms with Gasteiger partial charge in [0.25, 0.3) is 0 Å². The normalized spacial score (nSPS) is 18.4. The van der Waals surface area contributed by atoms with Gasteiger partial charge in [-0.25, -0.2) is 4.98 Å². The van der Waals surface area contributed by atoms with Crippen molar-refractivity contribution in [2.75, 3.05) is 17.3 Å². The number of hydrogen-bond acceptors (Lipinski definition) is 5. The van der Waals surface area contributed by atoms with Crippen molar-refractivity contribution in [1.29, 1.82) is 0 Å². The van der Waals surface area contributed by atoms with Gasteiger partial charge < -0.3 is 15.3 Å². The molecule has 2 N–H and O–H groups in total. The Morgan fingerprint density at radius 2 is 1.71 bits per heavy atom. The number of aliphatic hydroxyl groups excluding tert-OH is 1. The molecule has 0 spiro atoms. The Hall–Kier alpha value is -3.13. The summed E-state index contributed by atoms with van der Waals surface area (Å²) in [6, 6.07) is 13.1. The average molecular weight is 483 g/mol. The van der Waals surface area contributed by atoms with Crippen LogP contribution in [0.2, 0.25) is 0 Å². The minimum Gasteiger partial charge on any atom is -0.392 e. The van der Waals surface area contributed by atoms with E-state index in [-0.39, 0.29) is 0 Å². The molecule has 2 aromatic carbocycles. The molecule has 0 bridgehead atoms. The molecule has 1 unspecified atom stereocenters. The quantitative estimate of drug-likeness (QED) is 0.458. The molecule has 1 saturated carbocycles. The number of aromatic nitrogens is 2. The second-order valence-corrected chi connectivity index (χ2v) is 9.55. The van der Waals surface area contributed by atoms with Crippen molar-refractivity contribution in [3.8, 4) is 11.3 Å². The molecular formula is C27H29F3N4O. The van der Waals surface area contributed by atoms with Crippen LogP contribution >= 0.6 is 0 Å². The van der Waals surface area contributed by atoms with E-state index in [1.54, 1.807) is 6.07 Å². The number of fused-ring (bicyclic) bond motifs is 1. The number of halogens is 3. The van der Waals surface area contributed by atoms with Gasteiger partial charge in [-0.15, -0.1) is 0 Å². The molecule has 184 valence electrons. The first-order valence-electron chi connectivity index (χ1n) is 12.1. The average Bonchev–Trinajstić information content (AvgIpc) is 3.25. The zero-order chi connectivity index (χ0) is 24.6. The molecule has 2 aliphatic rings. The lowest BCUT2D eigenvalue weighted by Crippen LogP contribution is -2.34. The molecule has 0 aliphatic heterocycles. The number of aliphatic hydroxyl groups is 1. The molecule has 3 aromatic rings. The fourth-order valence-electron chi connectivity index (χ4n) is 5.15. The zero-order valence-electron chi connectivity index (χ0n) is 19.6. The molecule has 0 amide bonds. The zero-order valence-corrected chi connectivity index (χ0v) is 19.6.